The first-order chi connectivity index (χ1) is 15.9. The number of carbonyl (C=O) groups excluding carboxylic acids is 4. The second-order valence-electron chi connectivity index (χ2n) is 7.28. The van der Waals surface area contributed by atoms with Crippen LogP contribution in [0.2, 0.25) is 0 Å². The van der Waals surface area contributed by atoms with E-state index in [1.54, 1.807) is 0 Å². The van der Waals surface area contributed by atoms with Crippen LogP contribution >= 0.6 is 0 Å². The summed E-state index contributed by atoms with van der Waals surface area (Å²) in [5, 5.41) is 39.8. The molecule has 0 aliphatic carbocycles. The smallest absolute Gasteiger partial charge is 0.277 e. The van der Waals surface area contributed by atoms with Crippen molar-refractivity contribution in [3.63, 3.8) is 0 Å². The van der Waals surface area contributed by atoms with Crippen molar-refractivity contribution in [2.24, 2.45) is 0 Å². The molecule has 0 saturated carbocycles. The Morgan fingerprint density at radius 2 is 0.676 bits per heavy atom. The lowest BCUT2D eigenvalue weighted by molar-refractivity contribution is -0.695. The van der Waals surface area contributed by atoms with Crippen LogP contribution in [-0.4, -0.2) is 122 Å². The van der Waals surface area contributed by atoms with Crippen LogP contribution in [0, 0.1) is 40.5 Å². The van der Waals surface area contributed by atoms with Gasteiger partial charge in [-0.2, -0.15) is 0 Å². The molecule has 0 unspecified atom stereocenters. The molecule has 0 atom stereocenters. The number of carbonyl (C=O) groups is 4. The molecule has 24 heteroatoms. The van der Waals surface area contributed by atoms with Crippen molar-refractivity contribution in [2.45, 2.75) is 24.7 Å². The molecule has 8 amide bonds. The van der Waals surface area contributed by atoms with Gasteiger partial charge < -0.3 is 0 Å². The van der Waals surface area contributed by atoms with Crippen LogP contribution in [0.25, 0.3) is 0 Å². The average molecular weight is 488 g/mol. The zero-order valence-electron chi connectivity index (χ0n) is 16.0. The van der Waals surface area contributed by atoms with Crippen molar-refractivity contribution in [1.82, 2.24) is 39.6 Å². The van der Waals surface area contributed by atoms with Crippen LogP contribution in [0.1, 0.15) is 0 Å². The summed E-state index contributed by atoms with van der Waals surface area (Å²) in [7, 11) is 0. The van der Waals surface area contributed by atoms with E-state index in [2.05, 4.69) is 0 Å². The number of urea groups is 4. The lowest BCUT2D eigenvalue weighted by Crippen LogP contribution is -2.62. The third kappa shape index (κ3) is 2.14. The molecular formula is C10H8N12O12. The molecule has 0 bridgehead atoms. The minimum absolute atomic E-state index is 0.226. The molecule has 0 aromatic heterocycles. The van der Waals surface area contributed by atoms with E-state index in [-0.39, 0.29) is 20.0 Å². The largest absolute Gasteiger partial charge is 0.384 e. The molecule has 0 aromatic carbocycles. The monoisotopic (exact) mass is 488 g/mol. The molecule has 24 nitrogen and oxygen atoms in total. The van der Waals surface area contributed by atoms with Gasteiger partial charge in [-0.1, -0.05) is 0 Å². The molecule has 5 heterocycles. The number of nitro groups is 4. The van der Waals surface area contributed by atoms with Crippen LogP contribution in [-0.2, 0) is 0 Å². The van der Waals surface area contributed by atoms with Crippen LogP contribution < -0.4 is 0 Å². The zero-order valence-corrected chi connectivity index (χ0v) is 16.0. The van der Waals surface area contributed by atoms with Gasteiger partial charge in [-0.15, -0.1) is 0 Å². The molecule has 5 aliphatic heterocycles. The summed E-state index contributed by atoms with van der Waals surface area (Å²) in [6, 6.07) is -6.01. The van der Waals surface area contributed by atoms with Gasteiger partial charge >= 0.3 is 24.1 Å². The predicted molar refractivity (Wildman–Crippen MR) is 89.2 cm³/mol. The second kappa shape index (κ2) is 6.13. The van der Waals surface area contributed by atoms with Crippen molar-refractivity contribution >= 4 is 24.1 Å². The Morgan fingerprint density at radius 3 is 0.853 bits per heavy atom. The molecule has 5 fully saturated rings. The fourth-order valence-corrected chi connectivity index (χ4v) is 4.69. The molecule has 0 spiro atoms. The number of hydrazine groups is 4. The minimum Gasteiger partial charge on any atom is -0.277 e. The third-order valence-corrected chi connectivity index (χ3v) is 5.89. The Labute approximate surface area is 182 Å². The summed E-state index contributed by atoms with van der Waals surface area (Å²) < 4.78 is 0. The van der Waals surface area contributed by atoms with Crippen LogP contribution in [0.3, 0.4) is 0 Å². The summed E-state index contributed by atoms with van der Waals surface area (Å²) in [6.45, 7) is -2.06. The summed E-state index contributed by atoms with van der Waals surface area (Å²) in [4.78, 5) is 99.1. The molecule has 180 valence electrons. The maximum Gasteiger partial charge on any atom is 0.384 e. The van der Waals surface area contributed by atoms with Crippen LogP contribution in [0.4, 0.5) is 19.2 Å². The van der Waals surface area contributed by atoms with Gasteiger partial charge in [-0.05, 0) is 20.0 Å². The highest BCUT2D eigenvalue weighted by molar-refractivity contribution is 5.87. The van der Waals surface area contributed by atoms with Crippen molar-refractivity contribution in [1.29, 1.82) is 0 Å². The Morgan fingerprint density at radius 1 is 0.471 bits per heavy atom. The fraction of sp³-hybridized carbons (Fsp3) is 0.600. The van der Waals surface area contributed by atoms with Gasteiger partial charge in [0.1, 0.15) is 13.3 Å². The van der Waals surface area contributed by atoms with Gasteiger partial charge in [0, 0.05) is 0 Å². The summed E-state index contributed by atoms with van der Waals surface area (Å²) in [6.07, 6.45) is -7.90. The van der Waals surface area contributed by atoms with E-state index in [4.69, 9.17) is 0 Å². The molecule has 0 radical (unpaired) electrons. The number of amides is 8. The Hall–Kier alpha value is -5.32. The lowest BCUT2D eigenvalue weighted by atomic mass is 10.3. The summed E-state index contributed by atoms with van der Waals surface area (Å²) >= 11 is 0. The van der Waals surface area contributed by atoms with Crippen molar-refractivity contribution in [3.8, 4) is 0 Å². The summed E-state index contributed by atoms with van der Waals surface area (Å²) in [5.74, 6) is 0. The SMILES string of the molecule is O=C1N2CN3C(=O)N([N+](=O)[O-])C4C3N(CN3C(=O)N([N+](=O)[O-])C(C23)N1[N+](=O)[O-])C(=O)N4[N+](=O)[O-]. The minimum atomic E-state index is -2.15. The molecule has 5 aliphatic rings. The van der Waals surface area contributed by atoms with Gasteiger partial charge in [-0.25, -0.2) is 59.6 Å². The van der Waals surface area contributed by atoms with E-state index in [1.165, 1.54) is 0 Å². The van der Waals surface area contributed by atoms with Gasteiger partial charge in [0.25, 0.3) is 12.3 Å². The van der Waals surface area contributed by atoms with Gasteiger partial charge in [-0.3, -0.25) is 19.6 Å². The second-order valence-corrected chi connectivity index (χ2v) is 7.28. The van der Waals surface area contributed by atoms with Crippen molar-refractivity contribution in [2.75, 3.05) is 13.3 Å². The summed E-state index contributed by atoms with van der Waals surface area (Å²) in [5.41, 5.74) is 0. The highest BCUT2D eigenvalue weighted by atomic mass is 16.7. The number of hydrogen-bond acceptors (Lipinski definition) is 12. The normalized spacial score (nSPS) is 29.6. The quantitative estimate of drug-likeness (QED) is 0.282. The van der Waals surface area contributed by atoms with Crippen molar-refractivity contribution < 1.29 is 39.3 Å². The van der Waals surface area contributed by atoms with E-state index < -0.39 is 82.3 Å². The van der Waals surface area contributed by atoms with E-state index in [9.17, 15) is 59.6 Å². The van der Waals surface area contributed by atoms with Crippen LogP contribution in [0.15, 0.2) is 0 Å². The first-order valence-electron chi connectivity index (χ1n) is 8.86. The third-order valence-electron chi connectivity index (χ3n) is 5.89. The highest BCUT2D eigenvalue weighted by Gasteiger charge is 2.75. The highest BCUT2D eigenvalue weighted by Crippen LogP contribution is 2.42. The zero-order chi connectivity index (χ0) is 25.0. The maximum absolute atomic E-state index is 12.8. The standard InChI is InChI=1S/C10H8N12O12/c23-7-11-1-12-4-6(16(8(12)24)20(29)30)18(22(33)34)10(26)14(4)2-13-3(11)5(15(7)19(27)28)17(9(13)25)21(31)32/h3-6H,1-2H2. The number of hydrogen-bond donors (Lipinski definition) is 0. The van der Waals surface area contributed by atoms with E-state index in [1.807, 2.05) is 0 Å². The predicted octanol–water partition coefficient (Wildman–Crippen LogP) is -3.06. The van der Waals surface area contributed by atoms with E-state index in [0.29, 0.717) is 19.6 Å². The molecule has 5 saturated heterocycles. The molecule has 34 heavy (non-hydrogen) atoms. The Bertz CT molecular complexity index is 961. The molecule has 5 rings (SSSR count). The van der Waals surface area contributed by atoms with Gasteiger partial charge in [0.2, 0.25) is 0 Å². The Kier molecular flexibility index (Phi) is 3.71. The lowest BCUT2D eigenvalue weighted by Gasteiger charge is -2.39. The fourth-order valence-electron chi connectivity index (χ4n) is 4.69. The molecule has 0 N–H and O–H groups in total. The first kappa shape index (κ1) is 20.6. The van der Waals surface area contributed by atoms with E-state index in [0.717, 1.165) is 0 Å². The average Bonchev–Trinajstić information content (AvgIpc) is 3.31. The number of nitrogens with zero attached hydrogens (tertiary/aromatic N) is 12. The van der Waals surface area contributed by atoms with Gasteiger partial charge in [0.15, 0.2) is 32.5 Å². The van der Waals surface area contributed by atoms with Crippen molar-refractivity contribution in [3.05, 3.63) is 40.5 Å². The van der Waals surface area contributed by atoms with Crippen LogP contribution in [0.5, 0.6) is 0 Å². The molecule has 0 aromatic rings. The Balaban J connectivity index is 1.68. The number of rotatable bonds is 4. The van der Waals surface area contributed by atoms with E-state index >= 15 is 0 Å². The molecular weight excluding hydrogens is 480 g/mol. The maximum atomic E-state index is 12.8. The topological polar surface area (TPSA) is 267 Å². The first-order valence-corrected chi connectivity index (χ1v) is 8.86. The van der Waals surface area contributed by atoms with Gasteiger partial charge in [0.05, 0.1) is 0 Å².